The van der Waals surface area contributed by atoms with E-state index in [1.165, 1.54) is 6.92 Å². The Morgan fingerprint density at radius 2 is 1.27 bits per heavy atom. The van der Waals surface area contributed by atoms with Gasteiger partial charge in [-0.15, -0.1) is 0 Å². The molecule has 0 radical (unpaired) electrons. The Balaban J connectivity index is 3.03. The molecule has 12 heteroatoms. The predicted octanol–water partition coefficient (Wildman–Crippen LogP) is 6.82. The highest BCUT2D eigenvalue weighted by Crippen LogP contribution is 2.47. The Labute approximate surface area is 297 Å². The molecule has 0 bridgehead atoms. The lowest BCUT2D eigenvalue weighted by Crippen LogP contribution is -2.58. The molecule has 0 spiro atoms. The molecule has 0 unspecified atom stereocenters. The standard InChI is InChI=1S/C37H65N4O7P/c1-13-15-17-23-41(24-18-16-14-2)35(45)27(5)38-34(44)32(26(3)4)40-33(43)31(39-28(6)42)25-29-19-21-30(22-20-29)46-49(47-36(7,8)9)48-37(10,11)12/h19-22,26-27,31-32H,13-18,23-25H2,1-12H3,(H,38,44)(H,39,42)(H,40,43)/t27-,31-,32-/m0/s1. The number of benzene rings is 1. The van der Waals surface area contributed by atoms with Gasteiger partial charge in [0, 0.05) is 26.4 Å². The van der Waals surface area contributed by atoms with Crippen molar-refractivity contribution in [3.63, 3.8) is 0 Å². The summed E-state index contributed by atoms with van der Waals surface area (Å²) >= 11 is 0. The summed E-state index contributed by atoms with van der Waals surface area (Å²) in [6, 6.07) is 4.56. The van der Waals surface area contributed by atoms with Crippen molar-refractivity contribution in [2.75, 3.05) is 13.1 Å². The molecule has 0 saturated carbocycles. The average Bonchev–Trinajstić information content (AvgIpc) is 2.97. The molecule has 1 aromatic rings. The van der Waals surface area contributed by atoms with Crippen molar-refractivity contribution in [2.45, 2.75) is 157 Å². The molecule has 3 atom stereocenters. The first-order chi connectivity index (χ1) is 22.8. The molecule has 0 fully saturated rings. The minimum absolute atomic E-state index is 0.125. The van der Waals surface area contributed by atoms with Crippen molar-refractivity contribution in [3.8, 4) is 5.75 Å². The maximum atomic E-state index is 13.6. The molecule has 49 heavy (non-hydrogen) atoms. The summed E-state index contributed by atoms with van der Waals surface area (Å²) in [6.07, 6.45) is 6.19. The lowest BCUT2D eigenvalue weighted by molar-refractivity contribution is -0.137. The summed E-state index contributed by atoms with van der Waals surface area (Å²) in [6.45, 7) is 23.8. The number of carbonyl (C=O) groups is 4. The molecule has 0 saturated heterocycles. The van der Waals surface area contributed by atoms with Crippen molar-refractivity contribution < 1.29 is 32.7 Å². The van der Waals surface area contributed by atoms with Crippen LogP contribution in [0.25, 0.3) is 0 Å². The summed E-state index contributed by atoms with van der Waals surface area (Å²) in [4.78, 5) is 54.4. The van der Waals surface area contributed by atoms with Crippen molar-refractivity contribution >= 4 is 32.2 Å². The first kappa shape index (κ1) is 44.3. The summed E-state index contributed by atoms with van der Waals surface area (Å²) < 4.78 is 18.1. The van der Waals surface area contributed by atoms with Gasteiger partial charge in [-0.1, -0.05) is 65.5 Å². The van der Waals surface area contributed by atoms with Crippen LogP contribution in [0.5, 0.6) is 5.75 Å². The average molecular weight is 709 g/mol. The van der Waals surface area contributed by atoms with Crippen LogP contribution in [-0.2, 0) is 34.6 Å². The van der Waals surface area contributed by atoms with E-state index in [0.717, 1.165) is 44.1 Å². The molecule has 0 aliphatic heterocycles. The second-order valence-corrected chi connectivity index (χ2v) is 16.0. The molecular formula is C37H65N4O7P. The van der Waals surface area contributed by atoms with Crippen molar-refractivity contribution in [1.29, 1.82) is 0 Å². The quantitative estimate of drug-likeness (QED) is 0.0942. The van der Waals surface area contributed by atoms with Gasteiger partial charge >= 0.3 is 8.60 Å². The highest BCUT2D eigenvalue weighted by molar-refractivity contribution is 7.42. The van der Waals surface area contributed by atoms with Gasteiger partial charge in [0.25, 0.3) is 0 Å². The minimum Gasteiger partial charge on any atom is -0.427 e. The fourth-order valence-electron chi connectivity index (χ4n) is 4.83. The fraction of sp³-hybridized carbons (Fsp3) is 0.730. The topological polar surface area (TPSA) is 135 Å². The van der Waals surface area contributed by atoms with Crippen LogP contribution in [0, 0.1) is 5.92 Å². The lowest BCUT2D eigenvalue weighted by Gasteiger charge is -2.30. The van der Waals surface area contributed by atoms with E-state index >= 15 is 0 Å². The zero-order valence-electron chi connectivity index (χ0n) is 32.2. The van der Waals surface area contributed by atoms with E-state index in [0.29, 0.717) is 18.8 Å². The number of unbranched alkanes of at least 4 members (excludes halogenated alkanes) is 4. The van der Waals surface area contributed by atoms with Crippen molar-refractivity contribution in [2.24, 2.45) is 5.92 Å². The zero-order valence-corrected chi connectivity index (χ0v) is 33.1. The number of hydrogen-bond donors (Lipinski definition) is 3. The summed E-state index contributed by atoms with van der Waals surface area (Å²) in [5, 5.41) is 8.40. The van der Waals surface area contributed by atoms with E-state index in [9.17, 15) is 19.2 Å². The Hall–Kier alpha value is -2.75. The number of nitrogens with one attached hydrogen (secondary N) is 3. The van der Waals surface area contributed by atoms with Crippen LogP contribution in [-0.4, -0.2) is 70.9 Å². The summed E-state index contributed by atoms with van der Waals surface area (Å²) in [7, 11) is -1.69. The van der Waals surface area contributed by atoms with Gasteiger partial charge in [-0.25, -0.2) is 0 Å². The molecular weight excluding hydrogens is 643 g/mol. The maximum absolute atomic E-state index is 13.6. The normalized spacial score (nSPS) is 13.8. The Morgan fingerprint density at radius 1 is 0.755 bits per heavy atom. The van der Waals surface area contributed by atoms with Gasteiger partial charge < -0.3 is 25.4 Å². The third-order valence-corrected chi connectivity index (χ3v) is 9.04. The van der Waals surface area contributed by atoms with E-state index in [1.54, 1.807) is 19.1 Å². The largest absolute Gasteiger partial charge is 0.427 e. The van der Waals surface area contributed by atoms with Crippen LogP contribution >= 0.6 is 8.60 Å². The number of amides is 4. The second kappa shape index (κ2) is 21.5. The third kappa shape index (κ3) is 18.7. The van der Waals surface area contributed by atoms with Crippen LogP contribution < -0.4 is 20.5 Å². The highest BCUT2D eigenvalue weighted by Gasteiger charge is 2.32. The molecule has 3 N–H and O–H groups in total. The first-order valence-corrected chi connectivity index (χ1v) is 19.0. The molecule has 0 heterocycles. The molecule has 4 amide bonds. The molecule has 280 valence electrons. The molecule has 11 nitrogen and oxygen atoms in total. The van der Waals surface area contributed by atoms with E-state index in [4.69, 9.17) is 13.6 Å². The maximum Gasteiger partial charge on any atom is 0.398 e. The highest BCUT2D eigenvalue weighted by atomic mass is 31.2. The Bertz CT molecular complexity index is 1140. The Morgan fingerprint density at radius 3 is 1.69 bits per heavy atom. The molecule has 1 rings (SSSR count). The van der Waals surface area contributed by atoms with Crippen LogP contribution in [0.1, 0.15) is 127 Å². The van der Waals surface area contributed by atoms with Crippen LogP contribution in [0.3, 0.4) is 0 Å². The fourth-order valence-corrected chi connectivity index (χ4v) is 6.13. The van der Waals surface area contributed by atoms with Crippen molar-refractivity contribution in [1.82, 2.24) is 20.9 Å². The minimum atomic E-state index is -1.69. The smallest absolute Gasteiger partial charge is 0.398 e. The van der Waals surface area contributed by atoms with E-state index < -0.39 is 49.7 Å². The van der Waals surface area contributed by atoms with Gasteiger partial charge in [0.2, 0.25) is 23.6 Å². The summed E-state index contributed by atoms with van der Waals surface area (Å²) in [5.41, 5.74) is -0.177. The van der Waals surface area contributed by atoms with Gasteiger partial charge in [-0.05, 0) is 84.9 Å². The van der Waals surface area contributed by atoms with Gasteiger partial charge in [-0.3, -0.25) is 28.2 Å². The van der Waals surface area contributed by atoms with E-state index in [1.807, 2.05) is 72.4 Å². The number of rotatable bonds is 21. The zero-order chi connectivity index (χ0) is 37.4. The van der Waals surface area contributed by atoms with Crippen molar-refractivity contribution in [3.05, 3.63) is 29.8 Å². The van der Waals surface area contributed by atoms with Gasteiger partial charge in [0.15, 0.2) is 0 Å². The predicted molar refractivity (Wildman–Crippen MR) is 197 cm³/mol. The number of hydrogen-bond acceptors (Lipinski definition) is 7. The molecule has 0 aliphatic carbocycles. The Kier molecular flexibility index (Phi) is 19.4. The monoisotopic (exact) mass is 708 g/mol. The number of nitrogens with zero attached hydrogens (tertiary/aromatic N) is 1. The SMILES string of the molecule is CCCCCN(CCCCC)C(=O)[C@H](C)NC(=O)[C@@H](NC(=O)[C@H](Cc1ccc(OP(OC(C)(C)C)OC(C)(C)C)cc1)NC(C)=O)C(C)C. The van der Waals surface area contributed by atoms with E-state index in [-0.39, 0.29) is 24.2 Å². The van der Waals surface area contributed by atoms with Crippen LogP contribution in [0.2, 0.25) is 0 Å². The van der Waals surface area contributed by atoms with Crippen LogP contribution in [0.15, 0.2) is 24.3 Å². The third-order valence-electron chi connectivity index (χ3n) is 7.28. The van der Waals surface area contributed by atoms with Gasteiger partial charge in [-0.2, -0.15) is 0 Å². The second-order valence-electron chi connectivity index (χ2n) is 15.0. The van der Waals surface area contributed by atoms with E-state index in [2.05, 4.69) is 29.8 Å². The molecule has 1 aromatic carbocycles. The molecule has 0 aromatic heterocycles. The number of carbonyl (C=O) groups excluding carboxylic acids is 4. The lowest BCUT2D eigenvalue weighted by atomic mass is 10.0. The van der Waals surface area contributed by atoms with Crippen LogP contribution in [0.4, 0.5) is 0 Å². The van der Waals surface area contributed by atoms with Gasteiger partial charge in [0.05, 0.1) is 11.2 Å². The molecule has 0 aliphatic rings. The first-order valence-electron chi connectivity index (χ1n) is 17.9. The van der Waals surface area contributed by atoms with Gasteiger partial charge in [0.1, 0.15) is 23.9 Å². The summed E-state index contributed by atoms with van der Waals surface area (Å²) in [5.74, 6) is -1.17.